The molecule has 0 saturated carbocycles. The van der Waals surface area contributed by atoms with Gasteiger partial charge in [-0.1, -0.05) is 0 Å². The molecule has 0 fully saturated rings. The highest BCUT2D eigenvalue weighted by Gasteiger charge is 2.14. The Morgan fingerprint density at radius 1 is 1.56 bits per heavy atom. The van der Waals surface area contributed by atoms with Crippen LogP contribution in [0.1, 0.15) is 36.5 Å². The highest BCUT2D eigenvalue weighted by atomic mass is 79.9. The number of hydrogen-bond acceptors (Lipinski definition) is 4. The lowest BCUT2D eigenvalue weighted by molar-refractivity contribution is 0.509. The standard InChI is InChI=1S/C12H17BrN4S/c1-8(2)17-4-3-10(16-17)6-11(15-14)12-5-9(13)7-18-12/h3-5,7-8,11,15H,6,14H2,1-2H3. The van der Waals surface area contributed by atoms with Gasteiger partial charge < -0.3 is 0 Å². The Bertz CT molecular complexity index is 506. The third-order valence-corrected chi connectivity index (χ3v) is 4.55. The highest BCUT2D eigenvalue weighted by molar-refractivity contribution is 9.10. The minimum Gasteiger partial charge on any atom is -0.271 e. The normalized spacial score (nSPS) is 13.2. The Labute approximate surface area is 119 Å². The summed E-state index contributed by atoms with van der Waals surface area (Å²) >= 11 is 5.15. The van der Waals surface area contributed by atoms with E-state index in [1.165, 1.54) is 4.88 Å². The van der Waals surface area contributed by atoms with Gasteiger partial charge in [-0.15, -0.1) is 11.3 Å². The van der Waals surface area contributed by atoms with Crippen LogP contribution in [0.4, 0.5) is 0 Å². The summed E-state index contributed by atoms with van der Waals surface area (Å²) in [5, 5.41) is 6.61. The Morgan fingerprint density at radius 3 is 2.83 bits per heavy atom. The van der Waals surface area contributed by atoms with Gasteiger partial charge in [0.2, 0.25) is 0 Å². The van der Waals surface area contributed by atoms with Gasteiger partial charge in [0.05, 0.1) is 11.7 Å². The number of nitrogens with zero attached hydrogens (tertiary/aromatic N) is 2. The lowest BCUT2D eigenvalue weighted by Gasteiger charge is -2.12. The molecule has 0 aromatic carbocycles. The molecule has 6 heteroatoms. The van der Waals surface area contributed by atoms with Crippen molar-refractivity contribution in [3.05, 3.63) is 38.8 Å². The molecule has 0 spiro atoms. The maximum atomic E-state index is 5.64. The smallest absolute Gasteiger partial charge is 0.0644 e. The van der Waals surface area contributed by atoms with Crippen LogP contribution in [0, 0.1) is 0 Å². The van der Waals surface area contributed by atoms with E-state index < -0.39 is 0 Å². The quantitative estimate of drug-likeness (QED) is 0.655. The Morgan fingerprint density at radius 2 is 2.33 bits per heavy atom. The van der Waals surface area contributed by atoms with Gasteiger partial charge in [0.15, 0.2) is 0 Å². The van der Waals surface area contributed by atoms with Crippen molar-refractivity contribution in [2.24, 2.45) is 5.84 Å². The number of nitrogens with two attached hydrogens (primary N) is 1. The van der Waals surface area contributed by atoms with Gasteiger partial charge >= 0.3 is 0 Å². The first-order chi connectivity index (χ1) is 8.60. The molecular formula is C12H17BrN4S. The summed E-state index contributed by atoms with van der Waals surface area (Å²) in [5.41, 5.74) is 3.91. The summed E-state index contributed by atoms with van der Waals surface area (Å²) in [7, 11) is 0. The lowest BCUT2D eigenvalue weighted by Crippen LogP contribution is -2.29. The van der Waals surface area contributed by atoms with Crippen LogP contribution in [0.15, 0.2) is 28.2 Å². The van der Waals surface area contributed by atoms with Crippen LogP contribution in [-0.2, 0) is 6.42 Å². The summed E-state index contributed by atoms with van der Waals surface area (Å²) < 4.78 is 3.06. The van der Waals surface area contributed by atoms with Gasteiger partial charge in [0.25, 0.3) is 0 Å². The summed E-state index contributed by atoms with van der Waals surface area (Å²) in [6, 6.07) is 4.64. The van der Waals surface area contributed by atoms with E-state index in [4.69, 9.17) is 5.84 Å². The molecule has 4 nitrogen and oxygen atoms in total. The van der Waals surface area contributed by atoms with Crippen molar-refractivity contribution in [1.82, 2.24) is 15.2 Å². The average Bonchev–Trinajstić information content (AvgIpc) is 2.94. The van der Waals surface area contributed by atoms with Crippen molar-refractivity contribution in [2.75, 3.05) is 0 Å². The molecule has 98 valence electrons. The number of hydrogen-bond donors (Lipinski definition) is 2. The van der Waals surface area contributed by atoms with E-state index in [2.05, 4.69) is 51.7 Å². The molecule has 2 aromatic rings. The van der Waals surface area contributed by atoms with Crippen LogP contribution in [0.25, 0.3) is 0 Å². The number of halogens is 1. The zero-order valence-electron chi connectivity index (χ0n) is 10.4. The van der Waals surface area contributed by atoms with Gasteiger partial charge in [-0.05, 0) is 41.9 Å². The molecule has 18 heavy (non-hydrogen) atoms. The lowest BCUT2D eigenvalue weighted by atomic mass is 10.1. The summed E-state index contributed by atoms with van der Waals surface area (Å²) in [5.74, 6) is 5.64. The number of aromatic nitrogens is 2. The maximum absolute atomic E-state index is 5.64. The minimum atomic E-state index is 0.108. The second-order valence-electron chi connectivity index (χ2n) is 4.47. The van der Waals surface area contributed by atoms with E-state index in [1.807, 2.05) is 16.9 Å². The molecule has 0 aliphatic heterocycles. The number of hydrazine groups is 1. The molecule has 2 rings (SSSR count). The first kappa shape index (κ1) is 13.7. The first-order valence-electron chi connectivity index (χ1n) is 5.84. The van der Waals surface area contributed by atoms with Crippen molar-refractivity contribution in [2.45, 2.75) is 32.4 Å². The van der Waals surface area contributed by atoms with Gasteiger partial charge in [0.1, 0.15) is 0 Å². The second-order valence-corrected chi connectivity index (χ2v) is 6.33. The molecule has 2 heterocycles. The molecule has 0 radical (unpaired) electrons. The second kappa shape index (κ2) is 5.97. The maximum Gasteiger partial charge on any atom is 0.0644 e. The van der Waals surface area contributed by atoms with Crippen LogP contribution in [-0.4, -0.2) is 9.78 Å². The Kier molecular flexibility index (Phi) is 4.55. The van der Waals surface area contributed by atoms with Gasteiger partial charge in [-0.3, -0.25) is 16.0 Å². The number of nitrogens with one attached hydrogen (secondary N) is 1. The molecule has 1 unspecified atom stereocenters. The number of rotatable bonds is 5. The largest absolute Gasteiger partial charge is 0.271 e. The van der Waals surface area contributed by atoms with Crippen molar-refractivity contribution in [3.63, 3.8) is 0 Å². The van der Waals surface area contributed by atoms with E-state index in [0.29, 0.717) is 6.04 Å². The fourth-order valence-electron chi connectivity index (χ4n) is 1.74. The molecule has 0 amide bonds. The first-order valence-corrected chi connectivity index (χ1v) is 7.51. The average molecular weight is 329 g/mol. The van der Waals surface area contributed by atoms with E-state index in [1.54, 1.807) is 11.3 Å². The van der Waals surface area contributed by atoms with E-state index >= 15 is 0 Å². The zero-order chi connectivity index (χ0) is 13.1. The van der Waals surface area contributed by atoms with E-state index in [-0.39, 0.29) is 6.04 Å². The van der Waals surface area contributed by atoms with Crippen LogP contribution < -0.4 is 11.3 Å². The van der Waals surface area contributed by atoms with Crippen molar-refractivity contribution < 1.29 is 0 Å². The van der Waals surface area contributed by atoms with Gasteiger partial charge in [-0.2, -0.15) is 5.10 Å². The molecule has 2 aromatic heterocycles. The monoisotopic (exact) mass is 328 g/mol. The minimum absolute atomic E-state index is 0.108. The van der Waals surface area contributed by atoms with Crippen LogP contribution >= 0.6 is 27.3 Å². The summed E-state index contributed by atoms with van der Waals surface area (Å²) in [4.78, 5) is 1.21. The number of thiophene rings is 1. The van der Waals surface area contributed by atoms with Gasteiger partial charge in [0, 0.05) is 33.4 Å². The van der Waals surface area contributed by atoms with E-state index in [9.17, 15) is 0 Å². The SMILES string of the molecule is CC(C)n1ccc(CC(NN)c2cc(Br)cs2)n1. The van der Waals surface area contributed by atoms with Crippen LogP contribution in [0.2, 0.25) is 0 Å². The Balaban J connectivity index is 2.10. The molecule has 1 atom stereocenters. The Hall–Kier alpha value is -0.690. The fourth-order valence-corrected chi connectivity index (χ4v) is 3.24. The van der Waals surface area contributed by atoms with Crippen LogP contribution in [0.5, 0.6) is 0 Å². The third-order valence-electron chi connectivity index (χ3n) is 2.74. The molecular weight excluding hydrogens is 312 g/mol. The van der Waals surface area contributed by atoms with Crippen molar-refractivity contribution in [3.8, 4) is 0 Å². The third kappa shape index (κ3) is 3.20. The molecule has 0 bridgehead atoms. The summed E-state index contributed by atoms with van der Waals surface area (Å²) in [6.45, 7) is 4.23. The van der Waals surface area contributed by atoms with Crippen LogP contribution in [0.3, 0.4) is 0 Å². The zero-order valence-corrected chi connectivity index (χ0v) is 12.8. The molecule has 0 saturated heterocycles. The topological polar surface area (TPSA) is 55.9 Å². The predicted molar refractivity (Wildman–Crippen MR) is 78.4 cm³/mol. The molecule has 0 aliphatic carbocycles. The molecule has 0 aliphatic rings. The fraction of sp³-hybridized carbons (Fsp3) is 0.417. The molecule has 3 N–H and O–H groups in total. The van der Waals surface area contributed by atoms with Crippen molar-refractivity contribution >= 4 is 27.3 Å². The van der Waals surface area contributed by atoms with Gasteiger partial charge in [-0.25, -0.2) is 0 Å². The summed E-state index contributed by atoms with van der Waals surface area (Å²) in [6.07, 6.45) is 2.81. The van der Waals surface area contributed by atoms with E-state index in [0.717, 1.165) is 16.6 Å². The predicted octanol–water partition coefficient (Wildman–Crippen LogP) is 3.04. The van der Waals surface area contributed by atoms with Crippen molar-refractivity contribution in [1.29, 1.82) is 0 Å². The highest BCUT2D eigenvalue weighted by Crippen LogP contribution is 2.27.